The zero-order valence-electron chi connectivity index (χ0n) is 17.3. The van der Waals surface area contributed by atoms with Crippen LogP contribution in [0.1, 0.15) is 36.7 Å². The third kappa shape index (κ3) is 2.89. The van der Waals surface area contributed by atoms with Crippen molar-refractivity contribution in [3.05, 3.63) is 59.7 Å². The summed E-state index contributed by atoms with van der Waals surface area (Å²) in [6, 6.07) is 11.9. The first kappa shape index (κ1) is 18.8. The first-order chi connectivity index (χ1) is 14.5. The molecule has 0 unspecified atom stereocenters. The Morgan fingerprint density at radius 2 is 2.10 bits per heavy atom. The Kier molecular flexibility index (Phi) is 4.36. The first-order valence-corrected chi connectivity index (χ1v) is 10.1. The summed E-state index contributed by atoms with van der Waals surface area (Å²) in [6.45, 7) is 2.18. The van der Waals surface area contributed by atoms with Crippen LogP contribution < -0.4 is 4.74 Å². The van der Waals surface area contributed by atoms with Crippen molar-refractivity contribution in [3.63, 3.8) is 0 Å². The average molecular weight is 404 g/mol. The Hall–Kier alpha value is -3.19. The number of oxazole rings is 1. The number of hydrogen-bond acceptors (Lipinski definition) is 6. The topological polar surface area (TPSA) is 86.2 Å². The molecule has 0 spiro atoms. The van der Waals surface area contributed by atoms with E-state index in [1.165, 1.54) is 5.56 Å². The molecule has 1 aliphatic rings. The lowest BCUT2D eigenvalue weighted by molar-refractivity contribution is 0.189. The second kappa shape index (κ2) is 6.95. The van der Waals surface area contributed by atoms with E-state index < -0.39 is 0 Å². The molecule has 2 aromatic heterocycles. The molecule has 0 saturated heterocycles. The highest BCUT2D eigenvalue weighted by Crippen LogP contribution is 2.51. The molecule has 0 amide bonds. The lowest BCUT2D eigenvalue weighted by Crippen LogP contribution is -2.42. The minimum absolute atomic E-state index is 0.0816. The van der Waals surface area contributed by atoms with Crippen molar-refractivity contribution in [1.29, 1.82) is 0 Å². The maximum atomic E-state index is 9.50. The molecule has 0 bridgehead atoms. The van der Waals surface area contributed by atoms with Crippen LogP contribution in [0.3, 0.4) is 0 Å². The van der Waals surface area contributed by atoms with Gasteiger partial charge in [-0.1, -0.05) is 19.1 Å². The minimum atomic E-state index is -0.176. The second-order valence-electron chi connectivity index (χ2n) is 8.24. The number of aryl methyl sites for hydroxylation is 1. The summed E-state index contributed by atoms with van der Waals surface area (Å²) >= 11 is 0. The molecule has 1 aliphatic carbocycles. The summed E-state index contributed by atoms with van der Waals surface area (Å²) in [4.78, 5) is 9.24. The standard InChI is InChI=1S/C23H24N4O3/c1-14-10-23(11-14,22-24-13-27(2)26-22)17-6-4-5-16(9-17)21-25-18-7-15(12-28)8-19(29-3)20(18)30-21/h4-9,13-14,28H,10-12H2,1-3H3. The number of ether oxygens (including phenoxy) is 1. The number of fused-ring (bicyclic) bond motifs is 1. The molecule has 7 heteroatoms. The summed E-state index contributed by atoms with van der Waals surface area (Å²) in [5.41, 5.74) is 3.87. The molecule has 2 heterocycles. The largest absolute Gasteiger partial charge is 0.493 e. The van der Waals surface area contributed by atoms with Crippen LogP contribution in [0, 0.1) is 5.92 Å². The molecule has 1 N–H and O–H groups in total. The summed E-state index contributed by atoms with van der Waals surface area (Å²) in [5.74, 6) is 2.58. The van der Waals surface area contributed by atoms with Gasteiger partial charge in [-0.2, -0.15) is 5.10 Å². The predicted octanol–water partition coefficient (Wildman–Crippen LogP) is 3.84. The number of aliphatic hydroxyl groups excluding tert-OH is 1. The monoisotopic (exact) mass is 404 g/mol. The van der Waals surface area contributed by atoms with Gasteiger partial charge < -0.3 is 14.3 Å². The van der Waals surface area contributed by atoms with E-state index in [9.17, 15) is 5.11 Å². The van der Waals surface area contributed by atoms with E-state index in [1.807, 2.05) is 25.2 Å². The van der Waals surface area contributed by atoms with Crippen molar-refractivity contribution in [1.82, 2.24) is 19.7 Å². The van der Waals surface area contributed by atoms with E-state index in [2.05, 4.69) is 34.1 Å². The van der Waals surface area contributed by atoms with Crippen LogP contribution in [-0.4, -0.2) is 32.0 Å². The van der Waals surface area contributed by atoms with Gasteiger partial charge in [-0.3, -0.25) is 4.68 Å². The molecule has 0 atom stereocenters. The number of aliphatic hydroxyl groups is 1. The van der Waals surface area contributed by atoms with Crippen LogP contribution in [-0.2, 0) is 19.1 Å². The Morgan fingerprint density at radius 3 is 2.77 bits per heavy atom. The number of aromatic nitrogens is 4. The number of hydrogen-bond donors (Lipinski definition) is 1. The predicted molar refractivity (Wildman–Crippen MR) is 112 cm³/mol. The van der Waals surface area contributed by atoms with Gasteiger partial charge in [-0.05, 0) is 54.2 Å². The second-order valence-corrected chi connectivity index (χ2v) is 8.24. The van der Waals surface area contributed by atoms with Crippen LogP contribution in [0.4, 0.5) is 0 Å². The van der Waals surface area contributed by atoms with Crippen molar-refractivity contribution >= 4 is 11.1 Å². The van der Waals surface area contributed by atoms with Gasteiger partial charge >= 0.3 is 0 Å². The fourth-order valence-corrected chi connectivity index (χ4v) is 4.61. The molecule has 5 rings (SSSR count). The summed E-state index contributed by atoms with van der Waals surface area (Å²) in [5, 5.41) is 14.1. The fraction of sp³-hybridized carbons (Fsp3) is 0.348. The van der Waals surface area contributed by atoms with Gasteiger partial charge in [0.05, 0.1) is 19.1 Å². The average Bonchev–Trinajstić information content (AvgIpc) is 3.37. The van der Waals surface area contributed by atoms with Crippen LogP contribution in [0.15, 0.2) is 47.1 Å². The number of benzene rings is 2. The summed E-state index contributed by atoms with van der Waals surface area (Å²) in [6.07, 6.45) is 3.79. The Bertz CT molecular complexity index is 1220. The van der Waals surface area contributed by atoms with Crippen molar-refractivity contribution in [2.75, 3.05) is 7.11 Å². The first-order valence-electron chi connectivity index (χ1n) is 10.1. The third-order valence-electron chi connectivity index (χ3n) is 6.00. The van der Waals surface area contributed by atoms with E-state index in [-0.39, 0.29) is 12.0 Å². The normalized spacial score (nSPS) is 21.0. The smallest absolute Gasteiger partial charge is 0.227 e. The van der Waals surface area contributed by atoms with Crippen LogP contribution in [0.25, 0.3) is 22.6 Å². The Labute approximate surface area is 174 Å². The zero-order chi connectivity index (χ0) is 20.9. The highest BCUT2D eigenvalue weighted by molar-refractivity contribution is 5.83. The molecule has 2 aromatic carbocycles. The SMILES string of the molecule is COc1cc(CO)cc2nc(-c3cccc(C4(c5ncn(C)n5)CC(C)C4)c3)oc12. The molecule has 7 nitrogen and oxygen atoms in total. The van der Waals surface area contributed by atoms with E-state index in [0.29, 0.717) is 28.7 Å². The van der Waals surface area contributed by atoms with Gasteiger partial charge in [0, 0.05) is 12.6 Å². The molecule has 0 aliphatic heterocycles. The Morgan fingerprint density at radius 1 is 1.27 bits per heavy atom. The van der Waals surface area contributed by atoms with Gasteiger partial charge in [0.2, 0.25) is 5.89 Å². The highest BCUT2D eigenvalue weighted by atomic mass is 16.5. The number of rotatable bonds is 5. The van der Waals surface area contributed by atoms with Crippen LogP contribution in [0.5, 0.6) is 5.75 Å². The van der Waals surface area contributed by atoms with Crippen molar-refractivity contribution in [2.45, 2.75) is 31.8 Å². The molecule has 0 radical (unpaired) electrons. The van der Waals surface area contributed by atoms with Crippen molar-refractivity contribution in [3.8, 4) is 17.2 Å². The summed E-state index contributed by atoms with van der Waals surface area (Å²) < 4.78 is 13.3. The van der Waals surface area contributed by atoms with E-state index in [1.54, 1.807) is 24.2 Å². The zero-order valence-corrected chi connectivity index (χ0v) is 17.3. The molecule has 4 aromatic rings. The van der Waals surface area contributed by atoms with Gasteiger partial charge in [0.1, 0.15) is 11.8 Å². The minimum Gasteiger partial charge on any atom is -0.493 e. The lowest BCUT2D eigenvalue weighted by atomic mass is 9.58. The van der Waals surface area contributed by atoms with Crippen LogP contribution >= 0.6 is 0 Å². The third-order valence-corrected chi connectivity index (χ3v) is 6.00. The maximum absolute atomic E-state index is 9.50. The Balaban J connectivity index is 1.60. The molecule has 30 heavy (non-hydrogen) atoms. The highest BCUT2D eigenvalue weighted by Gasteiger charge is 2.48. The fourth-order valence-electron chi connectivity index (χ4n) is 4.61. The molecular formula is C23H24N4O3. The van der Waals surface area contributed by atoms with Gasteiger partial charge in [0.25, 0.3) is 0 Å². The number of nitrogens with zero attached hydrogens (tertiary/aromatic N) is 4. The van der Waals surface area contributed by atoms with E-state index in [4.69, 9.17) is 9.15 Å². The maximum Gasteiger partial charge on any atom is 0.227 e. The quantitative estimate of drug-likeness (QED) is 0.544. The summed E-state index contributed by atoms with van der Waals surface area (Å²) in [7, 11) is 3.48. The lowest BCUT2D eigenvalue weighted by Gasteiger charge is -2.45. The van der Waals surface area contributed by atoms with Gasteiger partial charge in [-0.25, -0.2) is 9.97 Å². The van der Waals surface area contributed by atoms with Gasteiger partial charge in [0.15, 0.2) is 17.2 Å². The van der Waals surface area contributed by atoms with Crippen LogP contribution in [0.2, 0.25) is 0 Å². The number of methoxy groups -OCH3 is 1. The van der Waals surface area contributed by atoms with Gasteiger partial charge in [-0.15, -0.1) is 0 Å². The van der Waals surface area contributed by atoms with E-state index in [0.717, 1.165) is 29.8 Å². The van der Waals surface area contributed by atoms with Crippen molar-refractivity contribution < 1.29 is 14.3 Å². The molecule has 1 saturated carbocycles. The molecule has 1 fully saturated rings. The molecule has 154 valence electrons. The van der Waals surface area contributed by atoms with E-state index >= 15 is 0 Å². The molecular weight excluding hydrogens is 380 g/mol. The van der Waals surface area contributed by atoms with Crippen molar-refractivity contribution in [2.24, 2.45) is 13.0 Å².